The Balaban J connectivity index is 1.33. The lowest BCUT2D eigenvalue weighted by Crippen LogP contribution is -2.08. The van der Waals surface area contributed by atoms with Gasteiger partial charge in [0.05, 0.1) is 19.3 Å². The predicted molar refractivity (Wildman–Crippen MR) is 85.6 cm³/mol. The van der Waals surface area contributed by atoms with E-state index in [1.807, 2.05) is 24.3 Å². The molecule has 0 unspecified atom stereocenters. The molecule has 7 heteroatoms. The lowest BCUT2D eigenvalue weighted by molar-refractivity contribution is -0.147. The molecule has 1 saturated carbocycles. The fourth-order valence-corrected chi connectivity index (χ4v) is 2.68. The van der Waals surface area contributed by atoms with Crippen LogP contribution in [-0.2, 0) is 16.1 Å². The molecule has 128 valence electrons. The van der Waals surface area contributed by atoms with E-state index in [1.54, 1.807) is 25.5 Å². The molecular formula is C18H16N2O5. The maximum Gasteiger partial charge on any atom is 0.310 e. The topological polar surface area (TPSA) is 87.6 Å². The third kappa shape index (κ3) is 3.26. The van der Waals surface area contributed by atoms with Crippen molar-refractivity contribution in [1.82, 2.24) is 10.1 Å². The summed E-state index contributed by atoms with van der Waals surface area (Å²) in [7, 11) is 1.60. The van der Waals surface area contributed by atoms with E-state index >= 15 is 0 Å². The summed E-state index contributed by atoms with van der Waals surface area (Å²) in [6.45, 7) is -0.0140. The Morgan fingerprint density at radius 1 is 1.28 bits per heavy atom. The normalized spacial score (nSPS) is 18.8. The van der Waals surface area contributed by atoms with Crippen LogP contribution in [0.5, 0.6) is 5.75 Å². The zero-order valence-electron chi connectivity index (χ0n) is 13.5. The minimum absolute atomic E-state index is 0.0140. The number of esters is 1. The minimum atomic E-state index is -0.266. The molecule has 0 saturated heterocycles. The summed E-state index contributed by atoms with van der Waals surface area (Å²) >= 11 is 0. The van der Waals surface area contributed by atoms with Crippen LogP contribution in [0.4, 0.5) is 0 Å². The van der Waals surface area contributed by atoms with Crippen LogP contribution in [0.1, 0.15) is 23.9 Å². The molecule has 1 aromatic carbocycles. The smallest absolute Gasteiger partial charge is 0.310 e. The summed E-state index contributed by atoms with van der Waals surface area (Å²) in [6, 6.07) is 10.9. The first-order valence-electron chi connectivity index (χ1n) is 7.91. The zero-order valence-corrected chi connectivity index (χ0v) is 13.5. The van der Waals surface area contributed by atoms with E-state index in [1.165, 1.54) is 0 Å². The van der Waals surface area contributed by atoms with Crippen molar-refractivity contribution in [2.75, 3.05) is 7.11 Å². The molecule has 0 N–H and O–H groups in total. The van der Waals surface area contributed by atoms with E-state index in [-0.39, 0.29) is 24.4 Å². The van der Waals surface area contributed by atoms with Crippen molar-refractivity contribution in [3.05, 3.63) is 54.2 Å². The number of aromatic nitrogens is 2. The van der Waals surface area contributed by atoms with Crippen molar-refractivity contribution in [1.29, 1.82) is 0 Å². The lowest BCUT2D eigenvalue weighted by Gasteiger charge is -2.00. The molecule has 4 rings (SSSR count). The average Bonchev–Trinajstić information content (AvgIpc) is 3.06. The first kappa shape index (κ1) is 15.4. The molecule has 2 atom stereocenters. The van der Waals surface area contributed by atoms with Crippen molar-refractivity contribution in [3.63, 3.8) is 0 Å². The third-order valence-electron chi connectivity index (χ3n) is 4.15. The van der Waals surface area contributed by atoms with Gasteiger partial charge in [0.1, 0.15) is 11.5 Å². The third-order valence-corrected chi connectivity index (χ3v) is 4.15. The van der Waals surface area contributed by atoms with E-state index in [9.17, 15) is 4.79 Å². The molecule has 1 aliphatic carbocycles. The van der Waals surface area contributed by atoms with Crippen LogP contribution in [-0.4, -0.2) is 23.2 Å². The van der Waals surface area contributed by atoms with Crippen LogP contribution in [0.2, 0.25) is 0 Å². The van der Waals surface area contributed by atoms with Gasteiger partial charge in [-0.3, -0.25) is 4.79 Å². The first-order valence-corrected chi connectivity index (χ1v) is 7.91. The monoisotopic (exact) mass is 340 g/mol. The highest BCUT2D eigenvalue weighted by atomic mass is 16.5. The van der Waals surface area contributed by atoms with Gasteiger partial charge >= 0.3 is 5.97 Å². The number of ether oxygens (including phenoxy) is 2. The van der Waals surface area contributed by atoms with Crippen LogP contribution >= 0.6 is 0 Å². The van der Waals surface area contributed by atoms with Gasteiger partial charge in [0.25, 0.3) is 5.89 Å². The highest BCUT2D eigenvalue weighted by Crippen LogP contribution is 2.48. The maximum atomic E-state index is 12.1. The summed E-state index contributed by atoms with van der Waals surface area (Å²) < 4.78 is 20.9. The fraction of sp³-hybridized carbons (Fsp3) is 0.278. The Morgan fingerprint density at radius 2 is 2.12 bits per heavy atom. The second-order valence-corrected chi connectivity index (χ2v) is 5.82. The number of benzene rings is 1. The van der Waals surface area contributed by atoms with Gasteiger partial charge in [0.15, 0.2) is 6.61 Å². The van der Waals surface area contributed by atoms with Gasteiger partial charge in [-0.1, -0.05) is 5.16 Å². The number of methoxy groups -OCH3 is 1. The van der Waals surface area contributed by atoms with Crippen LogP contribution in [0.15, 0.2) is 51.6 Å². The first-order chi connectivity index (χ1) is 12.2. The average molecular weight is 340 g/mol. The molecule has 25 heavy (non-hydrogen) atoms. The molecule has 0 aliphatic heterocycles. The van der Waals surface area contributed by atoms with E-state index in [2.05, 4.69) is 10.1 Å². The van der Waals surface area contributed by atoms with Gasteiger partial charge in [-0.05, 0) is 42.8 Å². The summed E-state index contributed by atoms with van der Waals surface area (Å²) in [5.74, 6) is 1.96. The van der Waals surface area contributed by atoms with Crippen LogP contribution in [0, 0.1) is 5.92 Å². The van der Waals surface area contributed by atoms with Gasteiger partial charge in [-0.25, -0.2) is 0 Å². The Kier molecular flexibility index (Phi) is 3.97. The van der Waals surface area contributed by atoms with Crippen LogP contribution in [0.3, 0.4) is 0 Å². The molecule has 1 fully saturated rings. The number of nitrogens with zero attached hydrogens (tertiary/aromatic N) is 2. The van der Waals surface area contributed by atoms with Gasteiger partial charge in [0.2, 0.25) is 5.82 Å². The standard InChI is InChI=1S/C18H16N2O5/c1-22-12-6-4-11(5-7-12)17-19-16(20-25-17)10-24-18(21)14-9-13(14)15-3-2-8-23-15/h2-8,13-14H,9-10H2,1H3/t13-,14-/m0/s1. The largest absolute Gasteiger partial charge is 0.497 e. The molecule has 7 nitrogen and oxygen atoms in total. The highest BCUT2D eigenvalue weighted by Gasteiger charge is 2.47. The number of hydrogen-bond acceptors (Lipinski definition) is 7. The van der Waals surface area contributed by atoms with E-state index in [4.69, 9.17) is 18.4 Å². The SMILES string of the molecule is COc1ccc(-c2nc(COC(=O)[C@H]3C[C@@H]3c3ccco3)no2)cc1. The van der Waals surface area contributed by atoms with Crippen molar-refractivity contribution in [3.8, 4) is 17.2 Å². The van der Waals surface area contributed by atoms with Gasteiger partial charge in [0, 0.05) is 11.5 Å². The summed E-state index contributed by atoms with van der Waals surface area (Å²) in [6.07, 6.45) is 2.35. The van der Waals surface area contributed by atoms with Gasteiger partial charge in [-0.2, -0.15) is 4.98 Å². The molecule has 2 heterocycles. The molecule has 0 spiro atoms. The number of hydrogen-bond donors (Lipinski definition) is 0. The molecule has 3 aromatic rings. The number of carbonyl (C=O) groups excluding carboxylic acids is 1. The van der Waals surface area contributed by atoms with E-state index in [0.717, 1.165) is 23.5 Å². The molecule has 0 amide bonds. The molecule has 2 aromatic heterocycles. The number of carbonyl (C=O) groups is 1. The van der Waals surface area contributed by atoms with Crippen molar-refractivity contribution in [2.24, 2.45) is 5.92 Å². The molecule has 0 bridgehead atoms. The fourth-order valence-electron chi connectivity index (χ4n) is 2.68. The number of rotatable bonds is 6. The van der Waals surface area contributed by atoms with Crippen LogP contribution < -0.4 is 4.74 Å². The predicted octanol–water partition coefficient (Wildman–Crippen LogP) is 3.19. The molecule has 1 aliphatic rings. The van der Waals surface area contributed by atoms with E-state index in [0.29, 0.717) is 11.7 Å². The van der Waals surface area contributed by atoms with Crippen molar-refractivity contribution in [2.45, 2.75) is 18.9 Å². The summed E-state index contributed by atoms with van der Waals surface area (Å²) in [5, 5.41) is 3.84. The van der Waals surface area contributed by atoms with Gasteiger partial charge in [-0.15, -0.1) is 0 Å². The summed E-state index contributed by atoms with van der Waals surface area (Å²) in [5.41, 5.74) is 0.769. The van der Waals surface area contributed by atoms with Crippen LogP contribution in [0.25, 0.3) is 11.5 Å². The Labute approximate surface area is 143 Å². The Morgan fingerprint density at radius 3 is 2.84 bits per heavy atom. The van der Waals surface area contributed by atoms with Gasteiger partial charge < -0.3 is 18.4 Å². The maximum absolute atomic E-state index is 12.1. The molecular weight excluding hydrogens is 324 g/mol. The van der Waals surface area contributed by atoms with E-state index < -0.39 is 0 Å². The highest BCUT2D eigenvalue weighted by molar-refractivity contribution is 5.77. The van der Waals surface area contributed by atoms with Crippen molar-refractivity contribution >= 4 is 5.97 Å². The van der Waals surface area contributed by atoms with Crippen molar-refractivity contribution < 1.29 is 23.2 Å². The Bertz CT molecular complexity index is 854. The Hall–Kier alpha value is -3.09. The lowest BCUT2D eigenvalue weighted by atomic mass is 10.2. The second-order valence-electron chi connectivity index (χ2n) is 5.82. The zero-order chi connectivity index (χ0) is 17.2. The second kappa shape index (κ2) is 6.43. The summed E-state index contributed by atoms with van der Waals surface area (Å²) in [4.78, 5) is 16.3. The number of furan rings is 1. The molecule has 0 radical (unpaired) electrons. The quantitative estimate of drug-likeness (QED) is 0.637. The minimum Gasteiger partial charge on any atom is -0.497 e.